The molecule has 31 heavy (non-hydrogen) atoms. The van der Waals surface area contributed by atoms with E-state index in [1.165, 1.54) is 0 Å². The molecular formula is C22H31N5O4. The van der Waals surface area contributed by atoms with Crippen molar-refractivity contribution in [2.75, 3.05) is 25.5 Å². The highest BCUT2D eigenvalue weighted by Crippen LogP contribution is 2.13. The zero-order valence-corrected chi connectivity index (χ0v) is 18.5. The van der Waals surface area contributed by atoms with Crippen molar-refractivity contribution in [3.63, 3.8) is 0 Å². The summed E-state index contributed by atoms with van der Waals surface area (Å²) >= 11 is 0. The Morgan fingerprint density at radius 2 is 1.81 bits per heavy atom. The Balaban J connectivity index is 1.67. The zero-order valence-electron chi connectivity index (χ0n) is 18.5. The number of carbonyl (C=O) groups excluding carboxylic acids is 2. The first-order chi connectivity index (χ1) is 14.7. The number of amides is 2. The monoisotopic (exact) mass is 429 g/mol. The predicted octanol–water partition coefficient (Wildman–Crippen LogP) is 2.65. The van der Waals surface area contributed by atoms with Gasteiger partial charge in [0.2, 0.25) is 5.91 Å². The Morgan fingerprint density at radius 1 is 1.06 bits per heavy atom. The molecule has 1 aromatic carbocycles. The standard InChI is InChI=1S/C22H31N5O4/c1-22(2,3)31-21(29)27-17-9-7-16(8-10-17)11-12-24-20(23-4)26-15-19(28)25-14-18-6-5-13-30-18/h5-10,13H,11-12,14-15H2,1-4H3,(H,25,28)(H,27,29)(H2,23,24,26). The van der Waals surface area contributed by atoms with Crippen molar-refractivity contribution in [3.8, 4) is 0 Å². The highest BCUT2D eigenvalue weighted by molar-refractivity contribution is 5.86. The van der Waals surface area contributed by atoms with E-state index < -0.39 is 11.7 Å². The fourth-order valence-electron chi connectivity index (χ4n) is 2.55. The molecule has 2 aromatic rings. The summed E-state index contributed by atoms with van der Waals surface area (Å²) in [6.07, 6.45) is 1.83. The van der Waals surface area contributed by atoms with E-state index in [1.54, 1.807) is 25.4 Å². The van der Waals surface area contributed by atoms with E-state index in [2.05, 4.69) is 26.3 Å². The second kappa shape index (κ2) is 11.6. The fourth-order valence-corrected chi connectivity index (χ4v) is 2.55. The van der Waals surface area contributed by atoms with E-state index >= 15 is 0 Å². The van der Waals surface area contributed by atoms with Gasteiger partial charge in [-0.25, -0.2) is 4.79 Å². The van der Waals surface area contributed by atoms with Gasteiger partial charge >= 0.3 is 6.09 Å². The van der Waals surface area contributed by atoms with Crippen molar-refractivity contribution >= 4 is 23.6 Å². The minimum atomic E-state index is -0.539. The number of benzene rings is 1. The number of anilines is 1. The third kappa shape index (κ3) is 9.70. The highest BCUT2D eigenvalue weighted by atomic mass is 16.6. The van der Waals surface area contributed by atoms with Crippen molar-refractivity contribution in [2.24, 2.45) is 4.99 Å². The Hall–Kier alpha value is -3.49. The third-order valence-electron chi connectivity index (χ3n) is 3.99. The molecule has 0 saturated carbocycles. The van der Waals surface area contributed by atoms with Gasteiger partial charge in [0.05, 0.1) is 19.4 Å². The van der Waals surface area contributed by atoms with Crippen LogP contribution in [0.4, 0.5) is 10.5 Å². The Labute approximate surface area is 182 Å². The Morgan fingerprint density at radius 3 is 2.42 bits per heavy atom. The predicted molar refractivity (Wildman–Crippen MR) is 120 cm³/mol. The van der Waals surface area contributed by atoms with Crippen LogP contribution >= 0.6 is 0 Å². The van der Waals surface area contributed by atoms with Gasteiger partial charge in [0.15, 0.2) is 5.96 Å². The Kier molecular flexibility index (Phi) is 8.93. The van der Waals surface area contributed by atoms with Gasteiger partial charge < -0.3 is 25.1 Å². The molecule has 0 fully saturated rings. The summed E-state index contributed by atoms with van der Waals surface area (Å²) in [6, 6.07) is 11.1. The molecule has 0 aliphatic heterocycles. The summed E-state index contributed by atoms with van der Waals surface area (Å²) in [4.78, 5) is 27.8. The molecule has 168 valence electrons. The molecule has 0 radical (unpaired) electrons. The molecule has 2 amide bonds. The van der Waals surface area contributed by atoms with Gasteiger partial charge in [-0.1, -0.05) is 12.1 Å². The van der Waals surface area contributed by atoms with Crippen LogP contribution in [0.1, 0.15) is 32.1 Å². The van der Waals surface area contributed by atoms with Crippen LogP contribution in [-0.4, -0.2) is 43.7 Å². The number of furan rings is 1. The molecule has 0 aliphatic rings. The smallest absolute Gasteiger partial charge is 0.412 e. The summed E-state index contributed by atoms with van der Waals surface area (Å²) in [5.74, 6) is 1.08. The molecule has 9 nitrogen and oxygen atoms in total. The molecule has 0 unspecified atom stereocenters. The molecule has 0 aliphatic carbocycles. The van der Waals surface area contributed by atoms with Crippen LogP contribution in [0.25, 0.3) is 0 Å². The van der Waals surface area contributed by atoms with Gasteiger partial charge in [0.1, 0.15) is 11.4 Å². The number of carbonyl (C=O) groups is 2. The van der Waals surface area contributed by atoms with Crippen molar-refractivity contribution < 1.29 is 18.7 Å². The van der Waals surface area contributed by atoms with Gasteiger partial charge in [0.25, 0.3) is 0 Å². The van der Waals surface area contributed by atoms with Crippen molar-refractivity contribution in [1.82, 2.24) is 16.0 Å². The topological polar surface area (TPSA) is 117 Å². The van der Waals surface area contributed by atoms with E-state index in [9.17, 15) is 9.59 Å². The zero-order chi connectivity index (χ0) is 22.7. The minimum absolute atomic E-state index is 0.103. The summed E-state index contributed by atoms with van der Waals surface area (Å²) in [6.45, 7) is 6.53. The number of nitrogens with one attached hydrogen (secondary N) is 4. The lowest BCUT2D eigenvalue weighted by atomic mass is 10.1. The van der Waals surface area contributed by atoms with E-state index in [0.29, 0.717) is 30.5 Å². The molecule has 1 aromatic heterocycles. The summed E-state index contributed by atoms with van der Waals surface area (Å²) in [5, 5.41) is 11.6. The number of guanidine groups is 1. The average molecular weight is 430 g/mol. The molecule has 0 bridgehead atoms. The van der Waals surface area contributed by atoms with Crippen LogP contribution in [0, 0.1) is 0 Å². The molecule has 1 heterocycles. The SMILES string of the molecule is CN=C(NCCc1ccc(NC(=O)OC(C)(C)C)cc1)NCC(=O)NCc1ccco1. The maximum absolute atomic E-state index is 11.9. The second-order valence-electron chi connectivity index (χ2n) is 7.78. The third-order valence-corrected chi connectivity index (χ3v) is 3.99. The number of hydrogen-bond donors (Lipinski definition) is 4. The number of nitrogens with zero attached hydrogens (tertiary/aromatic N) is 1. The van der Waals surface area contributed by atoms with Crippen molar-refractivity contribution in [1.29, 1.82) is 0 Å². The minimum Gasteiger partial charge on any atom is -0.467 e. The maximum Gasteiger partial charge on any atom is 0.412 e. The van der Waals surface area contributed by atoms with Gasteiger partial charge in [-0.15, -0.1) is 0 Å². The van der Waals surface area contributed by atoms with Gasteiger partial charge in [0, 0.05) is 19.3 Å². The fraction of sp³-hybridized carbons (Fsp3) is 0.409. The van der Waals surface area contributed by atoms with Gasteiger partial charge in [-0.05, 0) is 57.0 Å². The molecule has 9 heteroatoms. The lowest BCUT2D eigenvalue weighted by Gasteiger charge is -2.19. The summed E-state index contributed by atoms with van der Waals surface area (Å²) < 4.78 is 10.4. The number of aliphatic imine (C=N–C) groups is 1. The molecular weight excluding hydrogens is 398 g/mol. The lowest BCUT2D eigenvalue weighted by Crippen LogP contribution is -2.43. The molecule has 0 saturated heterocycles. The van der Waals surface area contributed by atoms with E-state index in [4.69, 9.17) is 9.15 Å². The maximum atomic E-state index is 11.9. The lowest BCUT2D eigenvalue weighted by molar-refractivity contribution is -0.120. The molecule has 0 atom stereocenters. The van der Waals surface area contributed by atoms with Crippen molar-refractivity contribution in [2.45, 2.75) is 39.3 Å². The average Bonchev–Trinajstić information content (AvgIpc) is 3.22. The van der Waals surface area contributed by atoms with Gasteiger partial charge in [-0.3, -0.25) is 15.1 Å². The van der Waals surface area contributed by atoms with Crippen LogP contribution in [0.15, 0.2) is 52.1 Å². The van der Waals surface area contributed by atoms with Crippen LogP contribution in [-0.2, 0) is 22.5 Å². The molecule has 4 N–H and O–H groups in total. The number of ether oxygens (including phenoxy) is 1. The van der Waals surface area contributed by atoms with Crippen LogP contribution in [0.3, 0.4) is 0 Å². The first-order valence-electron chi connectivity index (χ1n) is 10.1. The first kappa shape index (κ1) is 23.8. The molecule has 0 spiro atoms. The van der Waals surface area contributed by atoms with Crippen LogP contribution in [0.2, 0.25) is 0 Å². The van der Waals surface area contributed by atoms with Crippen LogP contribution < -0.4 is 21.3 Å². The summed E-state index contributed by atoms with van der Waals surface area (Å²) in [5.41, 5.74) is 1.22. The van der Waals surface area contributed by atoms with Crippen molar-refractivity contribution in [3.05, 3.63) is 54.0 Å². The number of rotatable bonds is 8. The van der Waals surface area contributed by atoms with E-state index in [1.807, 2.05) is 45.0 Å². The quantitative estimate of drug-likeness (QED) is 0.379. The van der Waals surface area contributed by atoms with E-state index in [-0.39, 0.29) is 12.5 Å². The highest BCUT2D eigenvalue weighted by Gasteiger charge is 2.16. The van der Waals surface area contributed by atoms with E-state index in [0.717, 1.165) is 12.0 Å². The Bertz CT molecular complexity index is 855. The first-order valence-corrected chi connectivity index (χ1v) is 10.1. The number of hydrogen-bond acceptors (Lipinski definition) is 5. The van der Waals surface area contributed by atoms with Crippen LogP contribution in [0.5, 0.6) is 0 Å². The molecule has 2 rings (SSSR count). The normalized spacial score (nSPS) is 11.5. The second-order valence-corrected chi connectivity index (χ2v) is 7.78. The summed E-state index contributed by atoms with van der Waals surface area (Å²) in [7, 11) is 1.65. The van der Waals surface area contributed by atoms with Gasteiger partial charge in [-0.2, -0.15) is 0 Å². The largest absolute Gasteiger partial charge is 0.467 e.